The summed E-state index contributed by atoms with van der Waals surface area (Å²) in [5, 5.41) is 3.28. The van der Waals surface area contributed by atoms with Gasteiger partial charge in [0.25, 0.3) is 0 Å². The van der Waals surface area contributed by atoms with Crippen LogP contribution in [0.25, 0.3) is 0 Å². The van der Waals surface area contributed by atoms with Crippen LogP contribution in [0.3, 0.4) is 0 Å². The van der Waals surface area contributed by atoms with Gasteiger partial charge in [-0.1, -0.05) is 45.2 Å². The van der Waals surface area contributed by atoms with E-state index in [1.165, 1.54) is 0 Å². The number of nitrogens with one attached hydrogen (secondary N) is 1. The van der Waals surface area contributed by atoms with Gasteiger partial charge in [-0.2, -0.15) is 0 Å². The molecule has 0 aromatic heterocycles. The first-order valence-electron chi connectivity index (χ1n) is 5.92. The number of hydrogen-bond acceptors (Lipinski definition) is 3. The Hall–Kier alpha value is -0.900. The fourth-order valence-corrected chi connectivity index (χ4v) is 1.23. The highest BCUT2D eigenvalue weighted by molar-refractivity contribution is 5.22. The van der Waals surface area contributed by atoms with Crippen LogP contribution in [0.5, 0.6) is 0 Å². The molecule has 0 fully saturated rings. The normalized spacial score (nSPS) is 12.7. The molecule has 1 unspecified atom stereocenters. The maximum atomic E-state index is 5.14. The zero-order valence-electron chi connectivity index (χ0n) is 11.8. The standard InChI is InChI=1S/C12H21NO2.C2H6/c1-6-8-11(7-2)9-13-10(3)12(14-4)15-5;1-2/h6-8,10,12-13H,1-2,9H2,3-5H3;1-2H3/b11-8+;. The molecule has 1 atom stereocenters. The molecular formula is C14H27NO2. The van der Waals surface area contributed by atoms with Crippen LogP contribution in [0.4, 0.5) is 0 Å². The lowest BCUT2D eigenvalue weighted by Crippen LogP contribution is -2.40. The molecule has 100 valence electrons. The van der Waals surface area contributed by atoms with Gasteiger partial charge in [0.05, 0.1) is 6.04 Å². The minimum Gasteiger partial charge on any atom is -0.354 e. The molecule has 0 radical (unpaired) electrons. The molecule has 17 heavy (non-hydrogen) atoms. The van der Waals surface area contributed by atoms with Crippen molar-refractivity contribution >= 4 is 0 Å². The highest BCUT2D eigenvalue weighted by Crippen LogP contribution is 2.00. The fourth-order valence-electron chi connectivity index (χ4n) is 1.23. The van der Waals surface area contributed by atoms with Crippen molar-refractivity contribution in [3.8, 4) is 0 Å². The van der Waals surface area contributed by atoms with Crippen molar-refractivity contribution in [3.05, 3.63) is 37.0 Å². The fraction of sp³-hybridized carbons (Fsp3) is 0.571. The number of ether oxygens (including phenoxy) is 2. The van der Waals surface area contributed by atoms with Crippen molar-refractivity contribution in [1.82, 2.24) is 5.32 Å². The minimum atomic E-state index is -0.236. The van der Waals surface area contributed by atoms with E-state index in [4.69, 9.17) is 9.47 Å². The van der Waals surface area contributed by atoms with Crippen LogP contribution in [0.2, 0.25) is 0 Å². The molecule has 3 heteroatoms. The third-order valence-corrected chi connectivity index (χ3v) is 2.10. The van der Waals surface area contributed by atoms with Crippen LogP contribution in [0, 0.1) is 0 Å². The average molecular weight is 241 g/mol. The largest absolute Gasteiger partial charge is 0.354 e. The summed E-state index contributed by atoms with van der Waals surface area (Å²) in [5.41, 5.74) is 1.09. The molecule has 0 aliphatic rings. The molecule has 0 bridgehead atoms. The van der Waals surface area contributed by atoms with Crippen molar-refractivity contribution in [2.75, 3.05) is 20.8 Å². The number of methoxy groups -OCH3 is 2. The first kappa shape index (κ1) is 18.5. The van der Waals surface area contributed by atoms with Crippen LogP contribution >= 0.6 is 0 Å². The second-order valence-electron chi connectivity index (χ2n) is 3.19. The molecule has 0 amide bonds. The van der Waals surface area contributed by atoms with E-state index in [9.17, 15) is 0 Å². The van der Waals surface area contributed by atoms with Gasteiger partial charge in [-0.15, -0.1) is 0 Å². The van der Waals surface area contributed by atoms with Crippen molar-refractivity contribution in [1.29, 1.82) is 0 Å². The van der Waals surface area contributed by atoms with Crippen molar-refractivity contribution in [3.63, 3.8) is 0 Å². The van der Waals surface area contributed by atoms with Gasteiger partial charge in [-0.05, 0) is 12.5 Å². The van der Waals surface area contributed by atoms with Crippen LogP contribution in [-0.2, 0) is 9.47 Å². The van der Waals surface area contributed by atoms with Gasteiger partial charge >= 0.3 is 0 Å². The molecule has 0 aliphatic carbocycles. The summed E-state index contributed by atoms with van der Waals surface area (Å²) in [6, 6.07) is 0.119. The smallest absolute Gasteiger partial charge is 0.171 e. The van der Waals surface area contributed by atoms with E-state index in [1.54, 1.807) is 26.4 Å². The minimum absolute atomic E-state index is 0.119. The first-order chi connectivity index (χ1) is 8.19. The Morgan fingerprint density at radius 1 is 1.24 bits per heavy atom. The molecule has 3 nitrogen and oxygen atoms in total. The van der Waals surface area contributed by atoms with Crippen LogP contribution < -0.4 is 5.32 Å². The molecule has 0 heterocycles. The maximum absolute atomic E-state index is 5.14. The predicted molar refractivity (Wildman–Crippen MR) is 75.1 cm³/mol. The molecule has 1 N–H and O–H groups in total. The summed E-state index contributed by atoms with van der Waals surface area (Å²) < 4.78 is 10.3. The molecule has 0 spiro atoms. The van der Waals surface area contributed by atoms with E-state index in [-0.39, 0.29) is 12.3 Å². The van der Waals surface area contributed by atoms with E-state index in [0.717, 1.165) is 12.1 Å². The first-order valence-corrected chi connectivity index (χ1v) is 5.92. The lowest BCUT2D eigenvalue weighted by Gasteiger charge is -2.22. The Balaban J connectivity index is 0. The third kappa shape index (κ3) is 8.86. The molecule has 0 saturated carbocycles. The van der Waals surface area contributed by atoms with E-state index in [2.05, 4.69) is 18.5 Å². The van der Waals surface area contributed by atoms with E-state index < -0.39 is 0 Å². The van der Waals surface area contributed by atoms with E-state index >= 15 is 0 Å². The van der Waals surface area contributed by atoms with E-state index in [1.807, 2.05) is 26.8 Å². The molecular weight excluding hydrogens is 214 g/mol. The summed E-state index contributed by atoms with van der Waals surface area (Å²) in [4.78, 5) is 0. The topological polar surface area (TPSA) is 30.5 Å². The second-order valence-corrected chi connectivity index (χ2v) is 3.19. The van der Waals surface area contributed by atoms with Crippen LogP contribution in [0.1, 0.15) is 20.8 Å². The van der Waals surface area contributed by atoms with Gasteiger partial charge in [0.2, 0.25) is 0 Å². The molecule has 0 rings (SSSR count). The molecule has 0 aliphatic heterocycles. The Bertz CT molecular complexity index is 220. The SMILES string of the molecule is C=C/C=C(\C=C)CNC(C)C(OC)OC.CC. The summed E-state index contributed by atoms with van der Waals surface area (Å²) in [7, 11) is 3.25. The summed E-state index contributed by atoms with van der Waals surface area (Å²) in [5.74, 6) is 0. The number of rotatable bonds is 8. The predicted octanol–water partition coefficient (Wildman–Crippen LogP) is 2.91. The monoisotopic (exact) mass is 241 g/mol. The Kier molecular flexibility index (Phi) is 14.3. The third-order valence-electron chi connectivity index (χ3n) is 2.10. The second kappa shape index (κ2) is 13.2. The van der Waals surface area contributed by atoms with Crippen molar-refractivity contribution < 1.29 is 9.47 Å². The molecule has 0 aromatic rings. The van der Waals surface area contributed by atoms with Gasteiger partial charge in [-0.3, -0.25) is 0 Å². The Morgan fingerprint density at radius 2 is 1.76 bits per heavy atom. The summed E-state index contributed by atoms with van der Waals surface area (Å²) >= 11 is 0. The van der Waals surface area contributed by atoms with Gasteiger partial charge in [-0.25, -0.2) is 0 Å². The van der Waals surface area contributed by atoms with Crippen LogP contribution in [0.15, 0.2) is 37.0 Å². The summed E-state index contributed by atoms with van der Waals surface area (Å²) in [6.07, 6.45) is 5.23. The van der Waals surface area contributed by atoms with Crippen molar-refractivity contribution in [2.24, 2.45) is 0 Å². The zero-order valence-corrected chi connectivity index (χ0v) is 11.8. The lowest BCUT2D eigenvalue weighted by atomic mass is 10.2. The van der Waals surface area contributed by atoms with Gasteiger partial charge in [0.1, 0.15) is 0 Å². The van der Waals surface area contributed by atoms with E-state index in [0.29, 0.717) is 0 Å². The van der Waals surface area contributed by atoms with Gasteiger partial charge in [0.15, 0.2) is 6.29 Å². The van der Waals surface area contributed by atoms with Crippen LogP contribution in [-0.4, -0.2) is 33.1 Å². The van der Waals surface area contributed by atoms with Crippen molar-refractivity contribution in [2.45, 2.75) is 33.1 Å². The lowest BCUT2D eigenvalue weighted by molar-refractivity contribution is -0.118. The highest BCUT2D eigenvalue weighted by atomic mass is 16.7. The number of allylic oxidation sites excluding steroid dienone is 2. The highest BCUT2D eigenvalue weighted by Gasteiger charge is 2.14. The quantitative estimate of drug-likeness (QED) is 0.523. The summed E-state index contributed by atoms with van der Waals surface area (Å²) in [6.45, 7) is 14.1. The average Bonchev–Trinajstić information content (AvgIpc) is 2.38. The van der Waals surface area contributed by atoms with Gasteiger partial charge < -0.3 is 14.8 Å². The molecule has 0 aromatic carbocycles. The Morgan fingerprint density at radius 3 is 2.12 bits per heavy atom. The molecule has 0 saturated heterocycles. The zero-order chi connectivity index (χ0) is 13.7. The van der Waals surface area contributed by atoms with Gasteiger partial charge in [0, 0.05) is 20.8 Å². The maximum Gasteiger partial charge on any atom is 0.171 e. The Labute approximate surface area is 106 Å². The number of hydrogen-bond donors (Lipinski definition) is 1.